The van der Waals surface area contributed by atoms with Gasteiger partial charge < -0.3 is 10.6 Å². The SMILES string of the molecule is CCNC(=NCc1ccc(F)cc1CSC)NCCc1nc(C(F)(F)F)cs1.I. The predicted molar refractivity (Wildman–Crippen MR) is 123 cm³/mol. The fraction of sp³-hybridized carbons (Fsp3) is 0.444. The number of rotatable bonds is 8. The topological polar surface area (TPSA) is 49.3 Å². The van der Waals surface area contributed by atoms with E-state index in [4.69, 9.17) is 0 Å². The highest BCUT2D eigenvalue weighted by Crippen LogP contribution is 2.30. The maximum absolute atomic E-state index is 13.4. The van der Waals surface area contributed by atoms with Crippen molar-refractivity contribution in [3.8, 4) is 0 Å². The molecule has 0 bridgehead atoms. The number of halogens is 5. The molecule has 0 aliphatic heterocycles. The van der Waals surface area contributed by atoms with Crippen LogP contribution in [0.25, 0.3) is 0 Å². The first kappa shape index (κ1) is 26.0. The third kappa shape index (κ3) is 8.67. The van der Waals surface area contributed by atoms with E-state index >= 15 is 0 Å². The van der Waals surface area contributed by atoms with Crippen LogP contribution in [-0.4, -0.2) is 30.3 Å². The highest BCUT2D eigenvalue weighted by atomic mass is 127. The third-order valence-electron chi connectivity index (χ3n) is 3.69. The minimum absolute atomic E-state index is 0. The van der Waals surface area contributed by atoms with Gasteiger partial charge in [-0.3, -0.25) is 0 Å². The molecule has 162 valence electrons. The van der Waals surface area contributed by atoms with Gasteiger partial charge in [0.05, 0.1) is 11.6 Å². The normalized spacial score (nSPS) is 11.9. The number of thioether (sulfide) groups is 1. The van der Waals surface area contributed by atoms with Crippen molar-refractivity contribution in [3.63, 3.8) is 0 Å². The Bertz CT molecular complexity index is 796. The molecule has 0 saturated carbocycles. The minimum atomic E-state index is -4.41. The van der Waals surface area contributed by atoms with Gasteiger partial charge in [-0.05, 0) is 36.4 Å². The molecule has 2 aromatic rings. The summed E-state index contributed by atoms with van der Waals surface area (Å²) < 4.78 is 51.2. The lowest BCUT2D eigenvalue weighted by molar-refractivity contribution is -0.140. The van der Waals surface area contributed by atoms with Crippen LogP contribution in [0.3, 0.4) is 0 Å². The van der Waals surface area contributed by atoms with Crippen LogP contribution in [0.2, 0.25) is 0 Å². The molecule has 2 rings (SSSR count). The number of hydrogen-bond acceptors (Lipinski definition) is 4. The van der Waals surface area contributed by atoms with E-state index < -0.39 is 11.9 Å². The van der Waals surface area contributed by atoms with Gasteiger partial charge in [0.2, 0.25) is 0 Å². The number of aromatic nitrogens is 1. The lowest BCUT2D eigenvalue weighted by Gasteiger charge is -2.12. The highest BCUT2D eigenvalue weighted by Gasteiger charge is 2.33. The standard InChI is InChI=1S/C18H22F4N4S2.HI/c1-3-23-17(24-7-6-16-26-15(11-28-16)18(20,21)22)25-9-12-4-5-14(19)8-13(12)10-27-2;/h4-5,8,11H,3,6-7,9-10H2,1-2H3,(H2,23,24,25);1H. The maximum atomic E-state index is 13.4. The molecule has 0 fully saturated rings. The van der Waals surface area contributed by atoms with E-state index in [1.54, 1.807) is 17.8 Å². The van der Waals surface area contributed by atoms with Crippen molar-refractivity contribution in [2.45, 2.75) is 31.8 Å². The molecule has 11 heteroatoms. The first-order valence-corrected chi connectivity index (χ1v) is 10.9. The van der Waals surface area contributed by atoms with E-state index in [-0.39, 0.29) is 29.8 Å². The summed E-state index contributed by atoms with van der Waals surface area (Å²) in [6.07, 6.45) is -2.10. The van der Waals surface area contributed by atoms with E-state index in [1.807, 2.05) is 13.2 Å². The van der Waals surface area contributed by atoms with Gasteiger partial charge in [-0.1, -0.05) is 6.07 Å². The van der Waals surface area contributed by atoms with Gasteiger partial charge in [-0.15, -0.1) is 35.3 Å². The molecule has 0 aliphatic carbocycles. The molecule has 1 heterocycles. The number of hydrogen-bond donors (Lipinski definition) is 2. The van der Waals surface area contributed by atoms with Crippen molar-refractivity contribution in [3.05, 3.63) is 51.2 Å². The molecule has 0 spiro atoms. The second-order valence-electron chi connectivity index (χ2n) is 5.84. The van der Waals surface area contributed by atoms with Gasteiger partial charge in [0, 0.05) is 30.6 Å². The summed E-state index contributed by atoms with van der Waals surface area (Å²) in [5.41, 5.74) is 0.975. The smallest absolute Gasteiger partial charge is 0.357 e. The van der Waals surface area contributed by atoms with Crippen molar-refractivity contribution in [2.75, 3.05) is 19.3 Å². The van der Waals surface area contributed by atoms with Crippen LogP contribution in [-0.2, 0) is 24.9 Å². The molecule has 1 aromatic carbocycles. The number of benzene rings is 1. The summed E-state index contributed by atoms with van der Waals surface area (Å²) in [5.74, 6) is 0.969. The van der Waals surface area contributed by atoms with E-state index in [0.29, 0.717) is 42.8 Å². The van der Waals surface area contributed by atoms with Crippen LogP contribution in [0.5, 0.6) is 0 Å². The third-order valence-corrected chi connectivity index (χ3v) is 5.20. The average molecular weight is 562 g/mol. The highest BCUT2D eigenvalue weighted by molar-refractivity contribution is 14.0. The molecule has 29 heavy (non-hydrogen) atoms. The van der Waals surface area contributed by atoms with Gasteiger partial charge in [-0.2, -0.15) is 24.9 Å². The molecule has 0 saturated heterocycles. The van der Waals surface area contributed by atoms with Gasteiger partial charge in [0.15, 0.2) is 11.7 Å². The number of nitrogens with zero attached hydrogens (tertiary/aromatic N) is 2. The van der Waals surface area contributed by atoms with Gasteiger partial charge in [0.1, 0.15) is 5.82 Å². The van der Waals surface area contributed by atoms with E-state index in [1.165, 1.54) is 12.1 Å². The van der Waals surface area contributed by atoms with Crippen molar-refractivity contribution in [1.82, 2.24) is 15.6 Å². The summed E-state index contributed by atoms with van der Waals surface area (Å²) in [6, 6.07) is 4.65. The maximum Gasteiger partial charge on any atom is 0.434 e. The van der Waals surface area contributed by atoms with Crippen LogP contribution in [0.15, 0.2) is 28.6 Å². The van der Waals surface area contributed by atoms with Crippen LogP contribution in [0.4, 0.5) is 17.6 Å². The van der Waals surface area contributed by atoms with E-state index in [2.05, 4.69) is 20.6 Å². The zero-order valence-electron chi connectivity index (χ0n) is 16.0. The van der Waals surface area contributed by atoms with Crippen molar-refractivity contribution >= 4 is 53.0 Å². The Morgan fingerprint density at radius 2 is 2.00 bits per heavy atom. The Morgan fingerprint density at radius 1 is 1.24 bits per heavy atom. The van der Waals surface area contributed by atoms with Gasteiger partial charge >= 0.3 is 6.18 Å². The monoisotopic (exact) mass is 562 g/mol. The van der Waals surface area contributed by atoms with E-state index in [9.17, 15) is 17.6 Å². The van der Waals surface area contributed by atoms with Crippen LogP contribution in [0, 0.1) is 5.82 Å². The van der Waals surface area contributed by atoms with Crippen molar-refractivity contribution < 1.29 is 17.6 Å². The number of thiazole rings is 1. The summed E-state index contributed by atoms with van der Waals surface area (Å²) in [5, 5.41) is 7.63. The van der Waals surface area contributed by atoms with Crippen LogP contribution < -0.4 is 10.6 Å². The molecular weight excluding hydrogens is 539 g/mol. The minimum Gasteiger partial charge on any atom is -0.357 e. The van der Waals surface area contributed by atoms with Crippen LogP contribution >= 0.6 is 47.1 Å². The fourth-order valence-electron chi connectivity index (χ4n) is 2.39. The lowest BCUT2D eigenvalue weighted by Crippen LogP contribution is -2.38. The second-order valence-corrected chi connectivity index (χ2v) is 7.65. The predicted octanol–water partition coefficient (Wildman–Crippen LogP) is 5.08. The Labute approximate surface area is 193 Å². The zero-order chi connectivity index (χ0) is 20.6. The Hall–Kier alpha value is -1.08. The Morgan fingerprint density at radius 3 is 2.62 bits per heavy atom. The quantitative estimate of drug-likeness (QED) is 0.204. The number of nitrogens with one attached hydrogen (secondary N) is 2. The summed E-state index contributed by atoms with van der Waals surface area (Å²) in [4.78, 5) is 8.11. The average Bonchev–Trinajstić information content (AvgIpc) is 3.10. The van der Waals surface area contributed by atoms with Gasteiger partial charge in [-0.25, -0.2) is 14.4 Å². The molecule has 0 radical (unpaired) electrons. The summed E-state index contributed by atoms with van der Waals surface area (Å²) >= 11 is 2.60. The summed E-state index contributed by atoms with van der Waals surface area (Å²) in [6.45, 7) is 3.34. The summed E-state index contributed by atoms with van der Waals surface area (Å²) in [7, 11) is 0. The molecule has 0 atom stereocenters. The fourth-order valence-corrected chi connectivity index (χ4v) is 3.77. The first-order chi connectivity index (χ1) is 13.3. The number of alkyl halides is 3. The van der Waals surface area contributed by atoms with Crippen LogP contribution in [0.1, 0.15) is 28.8 Å². The van der Waals surface area contributed by atoms with E-state index in [0.717, 1.165) is 27.8 Å². The number of guanidine groups is 1. The number of aliphatic imine (C=N–C) groups is 1. The zero-order valence-corrected chi connectivity index (χ0v) is 19.9. The molecule has 0 aliphatic rings. The molecule has 0 amide bonds. The molecule has 1 aromatic heterocycles. The molecular formula is C18H23F4IN4S2. The molecule has 2 N–H and O–H groups in total. The molecule has 4 nitrogen and oxygen atoms in total. The molecule has 0 unspecified atom stereocenters. The van der Waals surface area contributed by atoms with Crippen molar-refractivity contribution in [2.24, 2.45) is 4.99 Å². The van der Waals surface area contributed by atoms with Gasteiger partial charge in [0.25, 0.3) is 0 Å². The van der Waals surface area contributed by atoms with Crippen molar-refractivity contribution in [1.29, 1.82) is 0 Å². The first-order valence-electron chi connectivity index (χ1n) is 8.63. The largest absolute Gasteiger partial charge is 0.434 e. The lowest BCUT2D eigenvalue weighted by atomic mass is 10.1. The second kappa shape index (κ2) is 12.6. The Balaban J connectivity index is 0.00000420. The Kier molecular flexibility index (Phi) is 11.3.